The second-order valence-electron chi connectivity index (χ2n) is 14.4. The molecule has 56 heavy (non-hydrogen) atoms. The minimum absolute atomic E-state index is 0.127. The van der Waals surface area contributed by atoms with Crippen LogP contribution in [0.3, 0.4) is 0 Å². The van der Waals surface area contributed by atoms with E-state index in [1.54, 1.807) is 0 Å². The third-order valence-electron chi connectivity index (χ3n) is 11.5. The van der Waals surface area contributed by atoms with Gasteiger partial charge in [0.15, 0.2) is 5.84 Å². The molecule has 0 aromatic heterocycles. The van der Waals surface area contributed by atoms with Gasteiger partial charge in [0.25, 0.3) is 0 Å². The van der Waals surface area contributed by atoms with Crippen molar-refractivity contribution in [3.8, 4) is 33.4 Å². The molecule has 9 aromatic carbocycles. The maximum absolute atomic E-state index is 9.08. The summed E-state index contributed by atoms with van der Waals surface area (Å²) in [6, 6.07) is 73.1. The molecule has 1 atom stereocenters. The molecule has 1 unspecified atom stereocenters. The maximum Gasteiger partial charge on any atom is 0.154 e. The first kappa shape index (κ1) is 33.2. The zero-order valence-electron chi connectivity index (χ0n) is 30.7. The lowest BCUT2D eigenvalue weighted by molar-refractivity contribution is 0.769. The van der Waals surface area contributed by atoms with Gasteiger partial charge in [-0.3, -0.25) is 5.41 Å². The second kappa shape index (κ2) is 13.5. The number of fused-ring (bicyclic) bond motifs is 6. The van der Waals surface area contributed by atoms with Crippen LogP contribution in [-0.4, -0.2) is 11.7 Å². The first-order valence-corrected chi connectivity index (χ1v) is 19.0. The van der Waals surface area contributed by atoms with E-state index in [1.165, 1.54) is 44.2 Å². The number of nitrogens with zero attached hydrogens (tertiary/aromatic N) is 1. The molecule has 3 heteroatoms. The Morgan fingerprint density at radius 3 is 1.64 bits per heavy atom. The van der Waals surface area contributed by atoms with Crippen LogP contribution in [0.15, 0.2) is 211 Å². The van der Waals surface area contributed by atoms with Crippen LogP contribution in [0, 0.1) is 5.41 Å². The summed E-state index contributed by atoms with van der Waals surface area (Å²) in [5, 5.41) is 13.8. The molecule has 0 bridgehead atoms. The summed E-state index contributed by atoms with van der Waals surface area (Å²) in [5.41, 5.74) is 19.4. The minimum atomic E-state index is -0.471. The molecule has 0 saturated heterocycles. The van der Waals surface area contributed by atoms with E-state index in [0.717, 1.165) is 44.2 Å². The number of aliphatic imine (C=N–C) groups is 1. The SMILES string of the molecule is N=C(N=C(N)c1ccccc1)c1ccc2ccccc2c1-c1ccc(-c2ccc(C3(c4ccccc4)c4ccccc4-c4c3ccc3ccccc43)cc2)cc1. The first-order chi connectivity index (χ1) is 27.6. The highest BCUT2D eigenvalue weighted by Crippen LogP contribution is 2.57. The second-order valence-corrected chi connectivity index (χ2v) is 14.4. The van der Waals surface area contributed by atoms with Gasteiger partial charge < -0.3 is 5.73 Å². The van der Waals surface area contributed by atoms with Crippen molar-refractivity contribution < 1.29 is 0 Å². The standard InChI is InChI=1S/C53H37N3/c54-51(40-15-3-1-4-16-40)56-52(55)46-33-29-37-13-7-9-19-43(37)49(46)39-25-23-35(24-26-39)36-27-31-42(32-28-36)53(41-17-5-2-6-18-41)47-22-12-11-21-45(47)50-44-20-10-8-14-38(44)30-34-48(50)53/h1-34H,(H3,54,55,56). The molecular weight excluding hydrogens is 679 g/mol. The first-order valence-electron chi connectivity index (χ1n) is 19.0. The fourth-order valence-electron chi connectivity index (χ4n) is 8.90. The van der Waals surface area contributed by atoms with E-state index in [4.69, 9.17) is 11.1 Å². The number of hydrogen-bond donors (Lipinski definition) is 2. The summed E-state index contributed by atoms with van der Waals surface area (Å²) in [6.07, 6.45) is 0. The van der Waals surface area contributed by atoms with Crippen molar-refractivity contribution in [1.29, 1.82) is 5.41 Å². The molecule has 10 rings (SSSR count). The van der Waals surface area contributed by atoms with Crippen molar-refractivity contribution in [3.63, 3.8) is 0 Å². The average Bonchev–Trinajstić information content (AvgIpc) is 3.58. The Balaban J connectivity index is 1.06. The van der Waals surface area contributed by atoms with Crippen LogP contribution in [0.2, 0.25) is 0 Å². The summed E-state index contributed by atoms with van der Waals surface area (Å²) in [4.78, 5) is 4.56. The molecule has 3 N–H and O–H groups in total. The summed E-state index contributed by atoms with van der Waals surface area (Å²) in [7, 11) is 0. The monoisotopic (exact) mass is 715 g/mol. The van der Waals surface area contributed by atoms with Crippen LogP contribution in [-0.2, 0) is 5.41 Å². The van der Waals surface area contributed by atoms with Crippen LogP contribution in [0.25, 0.3) is 54.9 Å². The molecule has 9 aromatic rings. The van der Waals surface area contributed by atoms with Crippen LogP contribution in [0.1, 0.15) is 33.4 Å². The molecule has 0 fully saturated rings. The molecule has 1 aliphatic rings. The van der Waals surface area contributed by atoms with Crippen molar-refractivity contribution in [1.82, 2.24) is 0 Å². The van der Waals surface area contributed by atoms with Crippen molar-refractivity contribution in [3.05, 3.63) is 240 Å². The van der Waals surface area contributed by atoms with Crippen LogP contribution >= 0.6 is 0 Å². The fourth-order valence-corrected chi connectivity index (χ4v) is 8.90. The molecule has 1 aliphatic carbocycles. The van der Waals surface area contributed by atoms with Gasteiger partial charge in [-0.1, -0.05) is 200 Å². The van der Waals surface area contributed by atoms with E-state index in [9.17, 15) is 0 Å². The van der Waals surface area contributed by atoms with Crippen molar-refractivity contribution >= 4 is 33.2 Å². The Morgan fingerprint density at radius 1 is 0.429 bits per heavy atom. The summed E-state index contributed by atoms with van der Waals surface area (Å²) < 4.78 is 0. The molecule has 0 amide bonds. The summed E-state index contributed by atoms with van der Waals surface area (Å²) in [5.74, 6) is 0.447. The van der Waals surface area contributed by atoms with Gasteiger partial charge in [-0.15, -0.1) is 0 Å². The van der Waals surface area contributed by atoms with Gasteiger partial charge in [-0.25, -0.2) is 4.99 Å². The van der Waals surface area contributed by atoms with Crippen LogP contribution in [0.4, 0.5) is 0 Å². The number of benzene rings is 9. The van der Waals surface area contributed by atoms with E-state index in [-0.39, 0.29) is 5.84 Å². The third-order valence-corrected chi connectivity index (χ3v) is 11.5. The van der Waals surface area contributed by atoms with Gasteiger partial charge in [0.05, 0.1) is 5.41 Å². The van der Waals surface area contributed by atoms with E-state index < -0.39 is 5.41 Å². The zero-order valence-corrected chi connectivity index (χ0v) is 30.7. The lowest BCUT2D eigenvalue weighted by atomic mass is 9.67. The molecule has 0 saturated carbocycles. The van der Waals surface area contributed by atoms with Crippen molar-refractivity contribution in [2.24, 2.45) is 10.7 Å². The normalized spacial score (nSPS) is 14.8. The Kier molecular flexibility index (Phi) is 8.01. The molecule has 264 valence electrons. The maximum atomic E-state index is 9.08. The van der Waals surface area contributed by atoms with E-state index in [2.05, 4.69) is 163 Å². The third kappa shape index (κ3) is 5.28. The number of rotatable bonds is 6. The number of nitrogens with two attached hydrogens (primary N) is 1. The predicted octanol–water partition coefficient (Wildman–Crippen LogP) is 12.4. The Hall–Kier alpha value is -7.36. The molecule has 3 nitrogen and oxygen atoms in total. The lowest BCUT2D eigenvalue weighted by Crippen LogP contribution is -2.28. The molecular formula is C53H37N3. The van der Waals surface area contributed by atoms with E-state index in [0.29, 0.717) is 5.84 Å². The van der Waals surface area contributed by atoms with Crippen molar-refractivity contribution in [2.45, 2.75) is 5.41 Å². The predicted molar refractivity (Wildman–Crippen MR) is 234 cm³/mol. The van der Waals surface area contributed by atoms with Crippen molar-refractivity contribution in [2.75, 3.05) is 0 Å². The minimum Gasteiger partial charge on any atom is -0.383 e. The molecule has 0 heterocycles. The molecule has 0 spiro atoms. The average molecular weight is 716 g/mol. The highest BCUT2D eigenvalue weighted by molar-refractivity contribution is 6.16. The lowest BCUT2D eigenvalue weighted by Gasteiger charge is -2.34. The van der Waals surface area contributed by atoms with Gasteiger partial charge in [0.2, 0.25) is 0 Å². The van der Waals surface area contributed by atoms with Gasteiger partial charge >= 0.3 is 0 Å². The topological polar surface area (TPSA) is 62.2 Å². The highest BCUT2D eigenvalue weighted by atomic mass is 14.9. The molecule has 0 aliphatic heterocycles. The van der Waals surface area contributed by atoms with Gasteiger partial charge in [0.1, 0.15) is 5.84 Å². The van der Waals surface area contributed by atoms with E-state index in [1.807, 2.05) is 48.5 Å². The quantitative estimate of drug-likeness (QED) is 0.131. The van der Waals surface area contributed by atoms with Crippen LogP contribution < -0.4 is 5.73 Å². The Labute approximate surface area is 326 Å². The Bertz CT molecular complexity index is 2960. The number of amidine groups is 2. The number of hydrogen-bond acceptors (Lipinski definition) is 1. The smallest absolute Gasteiger partial charge is 0.154 e. The highest BCUT2D eigenvalue weighted by Gasteiger charge is 2.46. The Morgan fingerprint density at radius 2 is 0.946 bits per heavy atom. The van der Waals surface area contributed by atoms with Gasteiger partial charge in [-0.2, -0.15) is 0 Å². The van der Waals surface area contributed by atoms with Gasteiger partial charge in [-0.05, 0) is 77.7 Å². The van der Waals surface area contributed by atoms with E-state index >= 15 is 0 Å². The number of nitrogens with one attached hydrogen (secondary N) is 1. The summed E-state index contributed by atoms with van der Waals surface area (Å²) >= 11 is 0. The fraction of sp³-hybridized carbons (Fsp3) is 0.0189. The molecule has 0 radical (unpaired) electrons. The zero-order chi connectivity index (χ0) is 37.6. The van der Waals surface area contributed by atoms with Crippen LogP contribution in [0.5, 0.6) is 0 Å². The van der Waals surface area contributed by atoms with Gasteiger partial charge in [0, 0.05) is 16.7 Å². The largest absolute Gasteiger partial charge is 0.383 e. The summed E-state index contributed by atoms with van der Waals surface area (Å²) in [6.45, 7) is 0.